The molecule has 0 spiro atoms. The lowest BCUT2D eigenvalue weighted by Crippen LogP contribution is -2.39. The summed E-state index contributed by atoms with van der Waals surface area (Å²) in [6.45, 7) is 6.31. The lowest BCUT2D eigenvalue weighted by Gasteiger charge is -2.25. The summed E-state index contributed by atoms with van der Waals surface area (Å²) in [5, 5.41) is 3.20. The summed E-state index contributed by atoms with van der Waals surface area (Å²) in [4.78, 5) is 27.2. The van der Waals surface area contributed by atoms with E-state index in [0.717, 1.165) is 29.5 Å². The molecule has 0 radical (unpaired) electrons. The van der Waals surface area contributed by atoms with Gasteiger partial charge in [0.2, 0.25) is 12.7 Å². The fourth-order valence-corrected chi connectivity index (χ4v) is 4.60. The number of carbonyl (C=O) groups is 1. The molecular weight excluding hydrogens is 440 g/mol. The SMILES string of the molecule is CCCCC(C(=O)N[C@@H](CC)c1ccc2c(c1)OCO2)n1cc(C)cc(Cc2ccccc2)c1=O. The van der Waals surface area contributed by atoms with Crippen molar-refractivity contribution in [1.29, 1.82) is 0 Å². The Morgan fingerprint density at radius 1 is 1.06 bits per heavy atom. The molecule has 0 bridgehead atoms. The van der Waals surface area contributed by atoms with E-state index in [2.05, 4.69) is 12.2 Å². The van der Waals surface area contributed by atoms with Gasteiger partial charge in [0.25, 0.3) is 5.56 Å². The van der Waals surface area contributed by atoms with E-state index >= 15 is 0 Å². The van der Waals surface area contributed by atoms with Gasteiger partial charge in [0, 0.05) is 18.2 Å². The number of aryl methyl sites for hydroxylation is 1. The van der Waals surface area contributed by atoms with Crippen LogP contribution in [0, 0.1) is 6.92 Å². The second-order valence-electron chi connectivity index (χ2n) is 9.16. The smallest absolute Gasteiger partial charge is 0.254 e. The Morgan fingerprint density at radius 3 is 2.57 bits per heavy atom. The van der Waals surface area contributed by atoms with Gasteiger partial charge in [0.1, 0.15) is 6.04 Å². The van der Waals surface area contributed by atoms with Gasteiger partial charge >= 0.3 is 0 Å². The quantitative estimate of drug-likeness (QED) is 0.423. The molecule has 0 saturated carbocycles. The monoisotopic (exact) mass is 474 g/mol. The Labute approximate surface area is 206 Å². The fraction of sp³-hybridized carbons (Fsp3) is 0.379. The second kappa shape index (κ2) is 11.3. The first-order chi connectivity index (χ1) is 17.0. The zero-order valence-corrected chi connectivity index (χ0v) is 20.8. The molecule has 6 heteroatoms. The predicted molar refractivity (Wildman–Crippen MR) is 137 cm³/mol. The molecule has 1 amide bonds. The molecule has 1 unspecified atom stereocenters. The largest absolute Gasteiger partial charge is 0.454 e. The van der Waals surface area contributed by atoms with Gasteiger partial charge in [-0.2, -0.15) is 0 Å². The van der Waals surface area contributed by atoms with E-state index in [1.807, 2.05) is 74.6 Å². The summed E-state index contributed by atoms with van der Waals surface area (Å²) in [7, 11) is 0. The van der Waals surface area contributed by atoms with Crippen molar-refractivity contribution in [1.82, 2.24) is 9.88 Å². The van der Waals surface area contributed by atoms with Crippen LogP contribution in [0.1, 0.15) is 73.9 Å². The molecule has 184 valence electrons. The molecule has 0 saturated heterocycles. The number of hydrogen-bond donors (Lipinski definition) is 1. The molecule has 0 aliphatic carbocycles. The highest BCUT2D eigenvalue weighted by Crippen LogP contribution is 2.35. The Kier molecular flexibility index (Phi) is 7.91. The van der Waals surface area contributed by atoms with Gasteiger partial charge in [-0.1, -0.05) is 63.1 Å². The standard InChI is InChI=1S/C29H34N2O4/c1-4-6-12-25(28(32)30-24(5-2)22-13-14-26-27(17-22)35-19-34-26)31-18-20(3)15-23(29(31)33)16-21-10-8-7-9-11-21/h7-11,13-15,17-18,24-25H,4-6,12,16,19H2,1-3H3,(H,30,32)/t24-,25?/m0/s1. The van der Waals surface area contributed by atoms with Crippen molar-refractivity contribution < 1.29 is 14.3 Å². The van der Waals surface area contributed by atoms with Crippen LogP contribution in [0.5, 0.6) is 11.5 Å². The van der Waals surface area contributed by atoms with E-state index in [4.69, 9.17) is 9.47 Å². The predicted octanol–water partition coefficient (Wildman–Crippen LogP) is 5.48. The van der Waals surface area contributed by atoms with Crippen LogP contribution in [0.15, 0.2) is 65.6 Å². The summed E-state index contributed by atoms with van der Waals surface area (Å²) < 4.78 is 12.6. The normalized spacial score (nSPS) is 13.9. The van der Waals surface area contributed by atoms with E-state index < -0.39 is 6.04 Å². The molecule has 4 rings (SSSR count). The summed E-state index contributed by atoms with van der Waals surface area (Å²) in [5.41, 5.74) is 3.60. The molecule has 35 heavy (non-hydrogen) atoms. The second-order valence-corrected chi connectivity index (χ2v) is 9.16. The number of nitrogens with zero attached hydrogens (tertiary/aromatic N) is 1. The number of hydrogen-bond acceptors (Lipinski definition) is 4. The van der Waals surface area contributed by atoms with E-state index in [0.29, 0.717) is 36.3 Å². The van der Waals surface area contributed by atoms with Crippen molar-refractivity contribution in [2.45, 2.75) is 65.0 Å². The fourth-order valence-electron chi connectivity index (χ4n) is 4.60. The number of ether oxygens (including phenoxy) is 2. The topological polar surface area (TPSA) is 69.6 Å². The van der Waals surface area contributed by atoms with E-state index in [9.17, 15) is 9.59 Å². The zero-order chi connectivity index (χ0) is 24.8. The summed E-state index contributed by atoms with van der Waals surface area (Å²) >= 11 is 0. The van der Waals surface area contributed by atoms with Gasteiger partial charge in [0.15, 0.2) is 11.5 Å². The molecule has 1 aliphatic rings. The molecule has 2 aromatic carbocycles. The van der Waals surface area contributed by atoms with E-state index in [1.165, 1.54) is 0 Å². The first-order valence-electron chi connectivity index (χ1n) is 12.5. The van der Waals surface area contributed by atoms with Crippen molar-refractivity contribution in [3.8, 4) is 11.5 Å². The minimum Gasteiger partial charge on any atom is -0.454 e. The number of pyridine rings is 1. The van der Waals surface area contributed by atoms with Gasteiger partial charge < -0.3 is 19.4 Å². The van der Waals surface area contributed by atoms with Crippen LogP contribution in [0.4, 0.5) is 0 Å². The third-order valence-corrected chi connectivity index (χ3v) is 6.48. The van der Waals surface area contributed by atoms with E-state index in [1.54, 1.807) is 4.57 Å². The van der Waals surface area contributed by atoms with Crippen LogP contribution in [0.2, 0.25) is 0 Å². The van der Waals surface area contributed by atoms with Gasteiger partial charge in [0.05, 0.1) is 6.04 Å². The zero-order valence-electron chi connectivity index (χ0n) is 20.8. The number of carbonyl (C=O) groups excluding carboxylic acids is 1. The van der Waals surface area contributed by atoms with Gasteiger partial charge in [-0.15, -0.1) is 0 Å². The average Bonchev–Trinajstić information content (AvgIpc) is 3.34. The third kappa shape index (κ3) is 5.76. The number of unbranched alkanes of at least 4 members (excludes halogenated alkanes) is 1. The Bertz CT molecular complexity index is 1220. The molecule has 1 aromatic heterocycles. The summed E-state index contributed by atoms with van der Waals surface area (Å²) in [6.07, 6.45) is 5.48. The Morgan fingerprint density at radius 2 is 1.83 bits per heavy atom. The number of nitrogens with one attached hydrogen (secondary N) is 1. The van der Waals surface area contributed by atoms with Crippen LogP contribution >= 0.6 is 0 Å². The lowest BCUT2D eigenvalue weighted by molar-refractivity contribution is -0.125. The van der Waals surface area contributed by atoms with E-state index in [-0.39, 0.29) is 24.3 Å². The highest BCUT2D eigenvalue weighted by atomic mass is 16.7. The lowest BCUT2D eigenvalue weighted by atomic mass is 10.0. The molecule has 2 heterocycles. The first kappa shape index (κ1) is 24.6. The van der Waals surface area contributed by atoms with Crippen molar-refractivity contribution in [2.75, 3.05) is 6.79 Å². The van der Waals surface area contributed by atoms with Crippen molar-refractivity contribution in [3.63, 3.8) is 0 Å². The molecule has 1 N–H and O–H groups in total. The van der Waals surface area contributed by atoms with Gasteiger partial charge in [-0.05, 0) is 54.7 Å². The Balaban J connectivity index is 1.62. The van der Waals surface area contributed by atoms with Gasteiger partial charge in [-0.25, -0.2) is 0 Å². The van der Waals surface area contributed by atoms with Crippen LogP contribution < -0.4 is 20.3 Å². The number of benzene rings is 2. The van der Waals surface area contributed by atoms with Gasteiger partial charge in [-0.3, -0.25) is 9.59 Å². The van der Waals surface area contributed by atoms with Crippen LogP contribution in [0.3, 0.4) is 0 Å². The Hall–Kier alpha value is -3.54. The van der Waals surface area contributed by atoms with Crippen LogP contribution in [0.25, 0.3) is 0 Å². The van der Waals surface area contributed by atoms with Crippen molar-refractivity contribution in [2.24, 2.45) is 0 Å². The minimum atomic E-state index is -0.570. The summed E-state index contributed by atoms with van der Waals surface area (Å²) in [5.74, 6) is 1.27. The first-order valence-corrected chi connectivity index (χ1v) is 12.5. The third-order valence-electron chi connectivity index (χ3n) is 6.48. The number of aromatic nitrogens is 1. The number of rotatable bonds is 10. The molecule has 1 aliphatic heterocycles. The molecule has 6 nitrogen and oxygen atoms in total. The molecular formula is C29H34N2O4. The number of fused-ring (bicyclic) bond motifs is 1. The molecule has 0 fully saturated rings. The van der Waals surface area contributed by atoms with Crippen molar-refractivity contribution >= 4 is 5.91 Å². The highest BCUT2D eigenvalue weighted by Gasteiger charge is 2.26. The number of amides is 1. The molecule has 2 atom stereocenters. The maximum atomic E-state index is 13.6. The maximum absolute atomic E-state index is 13.6. The van der Waals surface area contributed by atoms with Crippen LogP contribution in [-0.4, -0.2) is 17.3 Å². The molecule has 3 aromatic rings. The highest BCUT2D eigenvalue weighted by molar-refractivity contribution is 5.80. The van der Waals surface area contributed by atoms with Crippen molar-refractivity contribution in [3.05, 3.63) is 93.4 Å². The summed E-state index contributed by atoms with van der Waals surface area (Å²) in [6, 6.07) is 16.9. The average molecular weight is 475 g/mol. The van der Waals surface area contributed by atoms with Crippen LogP contribution in [-0.2, 0) is 11.2 Å². The maximum Gasteiger partial charge on any atom is 0.254 e. The minimum absolute atomic E-state index is 0.105.